The average Bonchev–Trinajstić information content (AvgIpc) is 2.33. The van der Waals surface area contributed by atoms with Crippen molar-refractivity contribution in [2.75, 3.05) is 5.32 Å². The molecule has 6 heteroatoms. The minimum absolute atomic E-state index is 0.164. The summed E-state index contributed by atoms with van der Waals surface area (Å²) >= 11 is 0. The summed E-state index contributed by atoms with van der Waals surface area (Å²) in [5.74, 6) is -1.73. The van der Waals surface area contributed by atoms with Crippen LogP contribution in [0.3, 0.4) is 0 Å². The van der Waals surface area contributed by atoms with Gasteiger partial charge in [0.2, 0.25) is 5.95 Å². The van der Waals surface area contributed by atoms with Gasteiger partial charge in [-0.1, -0.05) is 0 Å². The van der Waals surface area contributed by atoms with E-state index in [0.717, 1.165) is 12.1 Å². The van der Waals surface area contributed by atoms with Gasteiger partial charge in [-0.25, -0.2) is 18.7 Å². The number of nitrogens with zero attached hydrogens (tertiary/aromatic N) is 3. The molecule has 1 N–H and O–H groups in total. The molecule has 0 atom stereocenters. The highest BCUT2D eigenvalue weighted by atomic mass is 19.2. The van der Waals surface area contributed by atoms with Crippen LogP contribution < -0.4 is 5.32 Å². The molecule has 0 amide bonds. The van der Waals surface area contributed by atoms with E-state index in [9.17, 15) is 8.78 Å². The van der Waals surface area contributed by atoms with E-state index in [1.54, 1.807) is 6.92 Å². The summed E-state index contributed by atoms with van der Waals surface area (Å²) in [4.78, 5) is 7.94. The maximum absolute atomic E-state index is 13.0. The molecule has 0 unspecified atom stereocenters. The highest BCUT2D eigenvalue weighted by molar-refractivity contribution is 5.53. The Hall–Kier alpha value is -2.55. The predicted octanol–water partition coefficient (Wildman–Crippen LogP) is 2.68. The Morgan fingerprint density at radius 1 is 1.17 bits per heavy atom. The molecule has 2 rings (SSSR count). The number of rotatable bonds is 2. The highest BCUT2D eigenvalue weighted by Gasteiger charge is 2.05. The molecule has 1 aromatic carbocycles. The summed E-state index contributed by atoms with van der Waals surface area (Å²) in [6.07, 6.45) is 0. The quantitative estimate of drug-likeness (QED) is 0.884. The Morgan fingerprint density at radius 2 is 1.94 bits per heavy atom. The first-order valence-electron chi connectivity index (χ1n) is 5.06. The van der Waals surface area contributed by atoms with Crippen LogP contribution in [0.25, 0.3) is 0 Å². The smallest absolute Gasteiger partial charge is 0.228 e. The van der Waals surface area contributed by atoms with Crippen molar-refractivity contribution in [1.29, 1.82) is 5.26 Å². The van der Waals surface area contributed by atoms with E-state index >= 15 is 0 Å². The Labute approximate surface area is 102 Å². The molecule has 2 aromatic rings. The van der Waals surface area contributed by atoms with Crippen LogP contribution in [0.1, 0.15) is 11.4 Å². The van der Waals surface area contributed by atoms with Crippen molar-refractivity contribution in [2.45, 2.75) is 6.92 Å². The highest BCUT2D eigenvalue weighted by Crippen LogP contribution is 2.16. The van der Waals surface area contributed by atoms with Crippen molar-refractivity contribution in [3.63, 3.8) is 0 Å². The predicted molar refractivity (Wildman–Crippen MR) is 61.1 cm³/mol. The fourth-order valence-electron chi connectivity index (χ4n) is 1.38. The summed E-state index contributed by atoms with van der Waals surface area (Å²) in [6, 6.07) is 6.76. The maximum Gasteiger partial charge on any atom is 0.228 e. The van der Waals surface area contributed by atoms with Crippen molar-refractivity contribution in [3.8, 4) is 6.07 Å². The number of nitrogens with one attached hydrogen (secondary N) is 1. The number of hydrogen-bond acceptors (Lipinski definition) is 4. The van der Waals surface area contributed by atoms with Crippen LogP contribution in [-0.2, 0) is 0 Å². The van der Waals surface area contributed by atoms with Crippen LogP contribution in [0.4, 0.5) is 20.4 Å². The van der Waals surface area contributed by atoms with Gasteiger partial charge < -0.3 is 5.32 Å². The third-order valence-electron chi connectivity index (χ3n) is 2.14. The topological polar surface area (TPSA) is 61.6 Å². The standard InChI is InChI=1S/C12H8F2N4/c1-7-4-9(6-15)18-12(16-7)17-8-2-3-10(13)11(14)5-8/h2-5H,1H3,(H,16,17,18). The summed E-state index contributed by atoms with van der Waals surface area (Å²) in [5.41, 5.74) is 1.11. The van der Waals surface area contributed by atoms with Gasteiger partial charge >= 0.3 is 0 Å². The molecule has 0 aliphatic carbocycles. The van der Waals surface area contributed by atoms with Crippen LogP contribution in [0.5, 0.6) is 0 Å². The summed E-state index contributed by atoms with van der Waals surface area (Å²) in [6.45, 7) is 1.71. The second kappa shape index (κ2) is 4.75. The van der Waals surface area contributed by atoms with Gasteiger partial charge in [-0.2, -0.15) is 5.26 Å². The van der Waals surface area contributed by atoms with Crippen LogP contribution in [0, 0.1) is 29.9 Å². The molecule has 0 aliphatic rings. The molecule has 4 nitrogen and oxygen atoms in total. The number of halogens is 2. The number of aromatic nitrogens is 2. The molecule has 0 saturated carbocycles. The Balaban J connectivity index is 2.31. The van der Waals surface area contributed by atoms with Gasteiger partial charge in [-0.05, 0) is 25.1 Å². The molecule has 0 saturated heterocycles. The minimum atomic E-state index is -0.965. The third-order valence-corrected chi connectivity index (χ3v) is 2.14. The summed E-state index contributed by atoms with van der Waals surface area (Å²) < 4.78 is 25.7. The van der Waals surface area contributed by atoms with Crippen LogP contribution in [0.2, 0.25) is 0 Å². The van der Waals surface area contributed by atoms with E-state index in [4.69, 9.17) is 5.26 Å². The lowest BCUT2D eigenvalue weighted by atomic mass is 10.3. The van der Waals surface area contributed by atoms with Crippen molar-refractivity contribution in [2.24, 2.45) is 0 Å². The lowest BCUT2D eigenvalue weighted by Gasteiger charge is -2.06. The van der Waals surface area contributed by atoms with Gasteiger partial charge in [0.1, 0.15) is 11.8 Å². The SMILES string of the molecule is Cc1cc(C#N)nc(Nc2ccc(F)c(F)c2)n1. The van der Waals surface area contributed by atoms with Gasteiger partial charge in [0, 0.05) is 17.4 Å². The van der Waals surface area contributed by atoms with Crippen LogP contribution in [0.15, 0.2) is 24.3 Å². The van der Waals surface area contributed by atoms with E-state index in [-0.39, 0.29) is 11.6 Å². The molecule has 0 fully saturated rings. The third kappa shape index (κ3) is 2.58. The molecule has 1 aromatic heterocycles. The minimum Gasteiger partial charge on any atom is -0.324 e. The molecule has 18 heavy (non-hydrogen) atoms. The fraction of sp³-hybridized carbons (Fsp3) is 0.0833. The number of aryl methyl sites for hydroxylation is 1. The number of hydrogen-bond donors (Lipinski definition) is 1. The van der Waals surface area contributed by atoms with E-state index in [0.29, 0.717) is 11.4 Å². The second-order valence-corrected chi connectivity index (χ2v) is 3.58. The fourth-order valence-corrected chi connectivity index (χ4v) is 1.38. The van der Waals surface area contributed by atoms with Gasteiger partial charge in [0.05, 0.1) is 0 Å². The van der Waals surface area contributed by atoms with Crippen LogP contribution >= 0.6 is 0 Å². The van der Waals surface area contributed by atoms with E-state index in [2.05, 4.69) is 15.3 Å². The summed E-state index contributed by atoms with van der Waals surface area (Å²) in [5, 5.41) is 11.5. The Morgan fingerprint density at radius 3 is 2.61 bits per heavy atom. The zero-order valence-corrected chi connectivity index (χ0v) is 9.41. The first kappa shape index (κ1) is 11.9. The second-order valence-electron chi connectivity index (χ2n) is 3.58. The molecule has 0 radical (unpaired) electrons. The first-order valence-corrected chi connectivity index (χ1v) is 5.06. The maximum atomic E-state index is 13.0. The first-order chi connectivity index (χ1) is 8.58. The van der Waals surface area contributed by atoms with Crippen molar-refractivity contribution < 1.29 is 8.78 Å². The van der Waals surface area contributed by atoms with E-state index < -0.39 is 11.6 Å². The van der Waals surface area contributed by atoms with Gasteiger partial charge in [0.25, 0.3) is 0 Å². The normalized spacial score (nSPS) is 9.89. The van der Waals surface area contributed by atoms with Gasteiger partial charge in [-0.15, -0.1) is 0 Å². The number of benzene rings is 1. The van der Waals surface area contributed by atoms with Gasteiger partial charge in [0.15, 0.2) is 11.6 Å². The van der Waals surface area contributed by atoms with Crippen molar-refractivity contribution in [3.05, 3.63) is 47.3 Å². The molecule has 1 heterocycles. The number of nitriles is 1. The lowest BCUT2D eigenvalue weighted by molar-refractivity contribution is 0.509. The Kier molecular flexibility index (Phi) is 3.15. The zero-order valence-electron chi connectivity index (χ0n) is 9.41. The molecular formula is C12H8F2N4. The average molecular weight is 246 g/mol. The molecule has 0 bridgehead atoms. The lowest BCUT2D eigenvalue weighted by Crippen LogP contribution is -2.01. The molecule has 0 spiro atoms. The Bertz CT molecular complexity index is 634. The molecule has 0 aliphatic heterocycles. The largest absolute Gasteiger partial charge is 0.324 e. The monoisotopic (exact) mass is 246 g/mol. The van der Waals surface area contributed by atoms with Crippen molar-refractivity contribution >= 4 is 11.6 Å². The van der Waals surface area contributed by atoms with Crippen LogP contribution in [-0.4, -0.2) is 9.97 Å². The van der Waals surface area contributed by atoms with Crippen molar-refractivity contribution in [1.82, 2.24) is 9.97 Å². The summed E-state index contributed by atoms with van der Waals surface area (Å²) in [7, 11) is 0. The molecular weight excluding hydrogens is 238 g/mol. The number of anilines is 2. The van der Waals surface area contributed by atoms with Gasteiger partial charge in [-0.3, -0.25) is 0 Å². The van der Waals surface area contributed by atoms with E-state index in [1.165, 1.54) is 12.1 Å². The molecule has 90 valence electrons. The zero-order chi connectivity index (χ0) is 13.1. The van der Waals surface area contributed by atoms with E-state index in [1.807, 2.05) is 6.07 Å².